The maximum Gasteiger partial charge on any atom is 0.276 e. The molecule has 0 atom stereocenters. The van der Waals surface area contributed by atoms with Gasteiger partial charge in [-0.3, -0.25) is 5.10 Å². The molecule has 3 aromatic rings. The molecular weight excluding hydrogens is 298 g/mol. The SMILES string of the molecule is Nc1cc(-c2nc(CSc3ccc(Cl)cc3)no2)[nH]n1. The first-order valence-corrected chi connectivity index (χ1v) is 7.09. The van der Waals surface area contributed by atoms with Gasteiger partial charge in [-0.15, -0.1) is 11.8 Å². The number of H-pyrrole nitrogens is 1. The Morgan fingerprint density at radius 3 is 2.80 bits per heavy atom. The predicted octanol–water partition coefficient (Wildman–Crippen LogP) is 2.99. The number of nitrogens with zero attached hydrogens (tertiary/aromatic N) is 3. The van der Waals surface area contributed by atoms with Gasteiger partial charge in [0.05, 0.1) is 5.75 Å². The Kier molecular flexibility index (Phi) is 3.62. The van der Waals surface area contributed by atoms with E-state index in [4.69, 9.17) is 21.9 Å². The number of nitrogens with two attached hydrogens (primary N) is 1. The van der Waals surface area contributed by atoms with E-state index < -0.39 is 0 Å². The molecule has 102 valence electrons. The second-order valence-corrected chi connectivity index (χ2v) is 5.45. The third kappa shape index (κ3) is 2.94. The third-order valence-electron chi connectivity index (χ3n) is 2.48. The largest absolute Gasteiger partial charge is 0.382 e. The fraction of sp³-hybridized carbons (Fsp3) is 0.0833. The van der Waals surface area contributed by atoms with Crippen LogP contribution in [0.15, 0.2) is 39.8 Å². The fourth-order valence-electron chi connectivity index (χ4n) is 1.55. The van der Waals surface area contributed by atoms with E-state index in [-0.39, 0.29) is 0 Å². The zero-order valence-corrected chi connectivity index (χ0v) is 11.8. The van der Waals surface area contributed by atoms with Crippen molar-refractivity contribution in [2.75, 3.05) is 5.73 Å². The molecule has 0 spiro atoms. The van der Waals surface area contributed by atoms with Gasteiger partial charge in [-0.25, -0.2) is 0 Å². The fourth-order valence-corrected chi connectivity index (χ4v) is 2.42. The summed E-state index contributed by atoms with van der Waals surface area (Å²) in [6, 6.07) is 9.23. The topological polar surface area (TPSA) is 93.6 Å². The average molecular weight is 308 g/mol. The van der Waals surface area contributed by atoms with Crippen molar-refractivity contribution in [3.63, 3.8) is 0 Å². The molecule has 2 aromatic heterocycles. The Morgan fingerprint density at radius 1 is 1.30 bits per heavy atom. The lowest BCUT2D eigenvalue weighted by molar-refractivity contribution is 0.424. The van der Waals surface area contributed by atoms with Crippen LogP contribution in [0.25, 0.3) is 11.6 Å². The summed E-state index contributed by atoms with van der Waals surface area (Å²) in [7, 11) is 0. The number of hydrogen-bond acceptors (Lipinski definition) is 6. The zero-order chi connectivity index (χ0) is 13.9. The van der Waals surface area contributed by atoms with Crippen LogP contribution in [0.4, 0.5) is 5.82 Å². The molecule has 20 heavy (non-hydrogen) atoms. The molecule has 0 aliphatic heterocycles. The third-order valence-corrected chi connectivity index (χ3v) is 3.74. The standard InChI is InChI=1S/C12H10ClN5OS/c13-7-1-3-8(4-2-7)20-6-11-15-12(19-18-11)9-5-10(14)17-16-9/h1-5H,6H2,(H3,14,16,17). The van der Waals surface area contributed by atoms with Gasteiger partial charge in [0.2, 0.25) is 0 Å². The first-order valence-electron chi connectivity index (χ1n) is 5.73. The maximum absolute atomic E-state index is 5.83. The lowest BCUT2D eigenvalue weighted by Gasteiger charge is -1.97. The van der Waals surface area contributed by atoms with E-state index in [1.165, 1.54) is 0 Å². The van der Waals surface area contributed by atoms with Gasteiger partial charge in [0, 0.05) is 16.0 Å². The summed E-state index contributed by atoms with van der Waals surface area (Å²) >= 11 is 7.44. The highest BCUT2D eigenvalue weighted by atomic mass is 35.5. The molecule has 0 aliphatic carbocycles. The quantitative estimate of drug-likeness (QED) is 0.720. The normalized spacial score (nSPS) is 10.8. The van der Waals surface area contributed by atoms with Crippen molar-refractivity contribution in [3.8, 4) is 11.6 Å². The van der Waals surface area contributed by atoms with E-state index >= 15 is 0 Å². The summed E-state index contributed by atoms with van der Waals surface area (Å²) in [6.07, 6.45) is 0. The summed E-state index contributed by atoms with van der Waals surface area (Å²) in [6.45, 7) is 0. The Morgan fingerprint density at radius 2 is 2.10 bits per heavy atom. The lowest BCUT2D eigenvalue weighted by Crippen LogP contribution is -1.84. The molecule has 1 aromatic carbocycles. The maximum atomic E-state index is 5.83. The van der Waals surface area contributed by atoms with Crippen molar-refractivity contribution >= 4 is 29.2 Å². The monoisotopic (exact) mass is 307 g/mol. The second kappa shape index (κ2) is 5.56. The number of benzene rings is 1. The van der Waals surface area contributed by atoms with Crippen molar-refractivity contribution in [1.82, 2.24) is 20.3 Å². The van der Waals surface area contributed by atoms with E-state index in [2.05, 4.69) is 20.3 Å². The van der Waals surface area contributed by atoms with E-state index in [0.29, 0.717) is 34.0 Å². The lowest BCUT2D eigenvalue weighted by atomic mass is 10.4. The highest BCUT2D eigenvalue weighted by Gasteiger charge is 2.11. The number of anilines is 1. The van der Waals surface area contributed by atoms with Crippen LogP contribution in [0.5, 0.6) is 0 Å². The number of nitrogen functional groups attached to an aromatic ring is 1. The van der Waals surface area contributed by atoms with Crippen molar-refractivity contribution in [1.29, 1.82) is 0 Å². The molecular formula is C12H10ClN5OS. The molecule has 0 unspecified atom stereocenters. The van der Waals surface area contributed by atoms with E-state index in [1.54, 1.807) is 17.8 Å². The van der Waals surface area contributed by atoms with Crippen LogP contribution in [-0.4, -0.2) is 20.3 Å². The number of thioether (sulfide) groups is 1. The van der Waals surface area contributed by atoms with Crippen LogP contribution in [0, 0.1) is 0 Å². The summed E-state index contributed by atoms with van der Waals surface area (Å²) in [5.74, 6) is 1.97. The first-order chi connectivity index (χ1) is 9.70. The predicted molar refractivity (Wildman–Crippen MR) is 77.3 cm³/mol. The number of aromatic nitrogens is 4. The van der Waals surface area contributed by atoms with Crippen LogP contribution in [0.3, 0.4) is 0 Å². The Hall–Kier alpha value is -1.99. The molecule has 6 nitrogen and oxygen atoms in total. The zero-order valence-electron chi connectivity index (χ0n) is 10.2. The highest BCUT2D eigenvalue weighted by molar-refractivity contribution is 7.98. The van der Waals surface area contributed by atoms with Crippen LogP contribution in [0.2, 0.25) is 5.02 Å². The molecule has 2 heterocycles. The minimum atomic E-state index is 0.376. The summed E-state index contributed by atoms with van der Waals surface area (Å²) in [5, 5.41) is 11.2. The van der Waals surface area contributed by atoms with Gasteiger partial charge in [-0.2, -0.15) is 10.1 Å². The number of hydrogen-bond donors (Lipinski definition) is 2. The van der Waals surface area contributed by atoms with Gasteiger partial charge >= 0.3 is 0 Å². The number of nitrogens with one attached hydrogen (secondary N) is 1. The van der Waals surface area contributed by atoms with Crippen LogP contribution >= 0.6 is 23.4 Å². The van der Waals surface area contributed by atoms with Crippen molar-refractivity contribution in [3.05, 3.63) is 41.2 Å². The first kappa shape index (κ1) is 13.0. The molecule has 8 heteroatoms. The van der Waals surface area contributed by atoms with E-state index in [1.807, 2.05) is 24.3 Å². The second-order valence-electron chi connectivity index (χ2n) is 3.96. The number of rotatable bonds is 4. The molecule has 3 N–H and O–H groups in total. The Bertz CT molecular complexity index is 709. The van der Waals surface area contributed by atoms with Crippen LogP contribution < -0.4 is 5.73 Å². The van der Waals surface area contributed by atoms with Crippen LogP contribution in [0.1, 0.15) is 5.82 Å². The minimum Gasteiger partial charge on any atom is -0.382 e. The summed E-state index contributed by atoms with van der Waals surface area (Å²) < 4.78 is 5.15. The van der Waals surface area contributed by atoms with Gasteiger partial charge in [0.1, 0.15) is 11.5 Å². The van der Waals surface area contributed by atoms with Crippen molar-refractivity contribution in [2.24, 2.45) is 0 Å². The number of aromatic amines is 1. The van der Waals surface area contributed by atoms with E-state index in [0.717, 1.165) is 4.90 Å². The smallest absolute Gasteiger partial charge is 0.276 e. The summed E-state index contributed by atoms with van der Waals surface area (Å²) in [5.41, 5.74) is 6.13. The van der Waals surface area contributed by atoms with Gasteiger partial charge < -0.3 is 10.3 Å². The molecule has 0 saturated heterocycles. The number of halogens is 1. The van der Waals surface area contributed by atoms with Crippen LogP contribution in [-0.2, 0) is 5.75 Å². The highest BCUT2D eigenvalue weighted by Crippen LogP contribution is 2.24. The molecule has 0 aliphatic rings. The van der Waals surface area contributed by atoms with Crippen molar-refractivity contribution in [2.45, 2.75) is 10.6 Å². The van der Waals surface area contributed by atoms with Gasteiger partial charge in [-0.1, -0.05) is 16.8 Å². The average Bonchev–Trinajstić information content (AvgIpc) is 3.07. The Labute approximate surface area is 123 Å². The van der Waals surface area contributed by atoms with E-state index in [9.17, 15) is 0 Å². The minimum absolute atomic E-state index is 0.376. The molecule has 3 rings (SSSR count). The summed E-state index contributed by atoms with van der Waals surface area (Å²) in [4.78, 5) is 5.36. The molecule has 0 bridgehead atoms. The molecule has 0 saturated carbocycles. The molecule has 0 amide bonds. The molecule has 0 fully saturated rings. The van der Waals surface area contributed by atoms with Crippen molar-refractivity contribution < 1.29 is 4.52 Å². The van der Waals surface area contributed by atoms with Gasteiger partial charge in [-0.05, 0) is 24.3 Å². The van der Waals surface area contributed by atoms with Gasteiger partial charge in [0.15, 0.2) is 5.82 Å². The van der Waals surface area contributed by atoms with Gasteiger partial charge in [0.25, 0.3) is 5.89 Å². The molecule has 0 radical (unpaired) electrons. The Balaban J connectivity index is 1.67.